The van der Waals surface area contributed by atoms with Crippen LogP contribution in [0.4, 0.5) is 0 Å². The van der Waals surface area contributed by atoms with Crippen LogP contribution in [0.3, 0.4) is 0 Å². The number of hydrogen-bond acceptors (Lipinski definition) is 2. The molecule has 1 saturated carbocycles. The normalized spacial score (nSPS) is 26.8. The summed E-state index contributed by atoms with van der Waals surface area (Å²) in [4.78, 5) is 0. The zero-order valence-corrected chi connectivity index (χ0v) is 17.4. The van der Waals surface area contributed by atoms with Gasteiger partial charge in [0.1, 0.15) is 11.9 Å². The Morgan fingerprint density at radius 3 is 2.43 bits per heavy atom. The first-order chi connectivity index (χ1) is 13.7. The fourth-order valence-corrected chi connectivity index (χ4v) is 5.10. The first-order valence-corrected chi connectivity index (χ1v) is 11.0. The predicted molar refractivity (Wildman–Crippen MR) is 115 cm³/mol. The SMILES string of the molecule is COCCc1ccc(OC2c3ccccc3CC2CC2CCC(C)CC2)cc1. The van der Waals surface area contributed by atoms with Crippen molar-refractivity contribution in [3.8, 4) is 5.75 Å². The molecule has 0 heterocycles. The number of benzene rings is 2. The molecule has 1 fully saturated rings. The van der Waals surface area contributed by atoms with E-state index in [1.165, 1.54) is 55.2 Å². The van der Waals surface area contributed by atoms with E-state index < -0.39 is 0 Å². The molecule has 0 N–H and O–H groups in total. The summed E-state index contributed by atoms with van der Waals surface area (Å²) in [5, 5.41) is 0. The van der Waals surface area contributed by atoms with Crippen LogP contribution in [-0.2, 0) is 17.6 Å². The predicted octanol–water partition coefficient (Wildman–Crippen LogP) is 6.38. The minimum atomic E-state index is 0.195. The summed E-state index contributed by atoms with van der Waals surface area (Å²) in [6.45, 7) is 3.17. The van der Waals surface area contributed by atoms with Crippen LogP contribution in [0.25, 0.3) is 0 Å². The van der Waals surface area contributed by atoms with Gasteiger partial charge >= 0.3 is 0 Å². The van der Waals surface area contributed by atoms with Gasteiger partial charge in [-0.2, -0.15) is 0 Å². The molecule has 0 amide bonds. The number of rotatable bonds is 7. The Balaban J connectivity index is 1.46. The molecule has 2 heteroatoms. The summed E-state index contributed by atoms with van der Waals surface area (Å²) in [6.07, 6.45) is 9.21. The molecular weight excluding hydrogens is 344 g/mol. The maximum absolute atomic E-state index is 6.61. The van der Waals surface area contributed by atoms with Crippen LogP contribution >= 0.6 is 0 Å². The van der Waals surface area contributed by atoms with E-state index in [0.29, 0.717) is 5.92 Å². The van der Waals surface area contributed by atoms with E-state index in [9.17, 15) is 0 Å². The van der Waals surface area contributed by atoms with Crippen LogP contribution in [0.5, 0.6) is 5.75 Å². The smallest absolute Gasteiger partial charge is 0.127 e. The lowest BCUT2D eigenvalue weighted by molar-refractivity contribution is 0.120. The molecule has 2 nitrogen and oxygen atoms in total. The average Bonchev–Trinajstić information content (AvgIpc) is 3.06. The van der Waals surface area contributed by atoms with Gasteiger partial charge in [0.05, 0.1) is 6.61 Å². The van der Waals surface area contributed by atoms with Gasteiger partial charge in [-0.15, -0.1) is 0 Å². The summed E-state index contributed by atoms with van der Waals surface area (Å²) in [5.74, 6) is 3.38. The highest BCUT2D eigenvalue weighted by atomic mass is 16.5. The topological polar surface area (TPSA) is 18.5 Å². The number of fused-ring (bicyclic) bond motifs is 1. The van der Waals surface area contributed by atoms with Crippen molar-refractivity contribution in [1.82, 2.24) is 0 Å². The molecule has 0 aromatic heterocycles. The van der Waals surface area contributed by atoms with Gasteiger partial charge in [0, 0.05) is 13.0 Å². The molecule has 0 aliphatic heterocycles. The molecule has 4 rings (SSSR count). The highest BCUT2D eigenvalue weighted by Gasteiger charge is 2.36. The Labute approximate surface area is 170 Å². The zero-order valence-electron chi connectivity index (χ0n) is 17.4. The van der Waals surface area contributed by atoms with E-state index in [-0.39, 0.29) is 6.10 Å². The van der Waals surface area contributed by atoms with Crippen molar-refractivity contribution in [2.24, 2.45) is 17.8 Å². The van der Waals surface area contributed by atoms with E-state index in [4.69, 9.17) is 9.47 Å². The summed E-state index contributed by atoms with van der Waals surface area (Å²) in [6, 6.07) is 17.5. The fraction of sp³-hybridized carbons (Fsp3) is 0.538. The van der Waals surface area contributed by atoms with Gasteiger partial charge < -0.3 is 9.47 Å². The van der Waals surface area contributed by atoms with Crippen molar-refractivity contribution in [3.05, 3.63) is 65.2 Å². The Bertz CT molecular complexity index is 743. The van der Waals surface area contributed by atoms with E-state index in [1.54, 1.807) is 7.11 Å². The quantitative estimate of drug-likeness (QED) is 0.556. The van der Waals surface area contributed by atoms with Crippen molar-refractivity contribution >= 4 is 0 Å². The lowest BCUT2D eigenvalue weighted by Gasteiger charge is -2.30. The minimum absolute atomic E-state index is 0.195. The first-order valence-electron chi connectivity index (χ1n) is 11.0. The molecule has 150 valence electrons. The Morgan fingerprint density at radius 1 is 0.929 bits per heavy atom. The van der Waals surface area contributed by atoms with Gasteiger partial charge in [-0.25, -0.2) is 0 Å². The number of methoxy groups -OCH3 is 1. The molecule has 0 saturated heterocycles. The summed E-state index contributed by atoms with van der Waals surface area (Å²) < 4.78 is 11.8. The van der Waals surface area contributed by atoms with Crippen molar-refractivity contribution in [3.63, 3.8) is 0 Å². The van der Waals surface area contributed by atoms with Crippen LogP contribution in [0.2, 0.25) is 0 Å². The first kappa shape index (κ1) is 19.5. The molecule has 2 aromatic carbocycles. The van der Waals surface area contributed by atoms with Gasteiger partial charge in [-0.05, 0) is 59.9 Å². The fourth-order valence-electron chi connectivity index (χ4n) is 5.10. The average molecular weight is 379 g/mol. The molecule has 2 aliphatic carbocycles. The van der Waals surface area contributed by atoms with E-state index in [1.807, 2.05) is 0 Å². The Hall–Kier alpha value is -1.80. The third-order valence-electron chi connectivity index (χ3n) is 6.82. The van der Waals surface area contributed by atoms with Gasteiger partial charge in [-0.3, -0.25) is 0 Å². The second-order valence-corrected chi connectivity index (χ2v) is 8.95. The van der Waals surface area contributed by atoms with Crippen LogP contribution in [0.1, 0.15) is 61.8 Å². The Morgan fingerprint density at radius 2 is 1.68 bits per heavy atom. The van der Waals surface area contributed by atoms with Crippen molar-refractivity contribution in [2.75, 3.05) is 13.7 Å². The van der Waals surface area contributed by atoms with Gasteiger partial charge in [0.15, 0.2) is 0 Å². The molecule has 0 bridgehead atoms. The maximum atomic E-state index is 6.61. The highest BCUT2D eigenvalue weighted by molar-refractivity contribution is 5.37. The molecule has 2 atom stereocenters. The standard InChI is InChI=1S/C26H34O2/c1-19-7-9-21(10-8-19)17-23-18-22-5-3-4-6-25(22)26(23)28-24-13-11-20(12-14-24)15-16-27-2/h3-6,11-14,19,21,23,26H,7-10,15-18H2,1-2H3. The van der Waals surface area contributed by atoms with Crippen LogP contribution in [-0.4, -0.2) is 13.7 Å². The molecule has 28 heavy (non-hydrogen) atoms. The summed E-state index contributed by atoms with van der Waals surface area (Å²) in [5.41, 5.74) is 4.19. The molecule has 2 unspecified atom stereocenters. The molecule has 0 radical (unpaired) electrons. The van der Waals surface area contributed by atoms with E-state index in [2.05, 4.69) is 55.5 Å². The molecule has 2 aromatic rings. The van der Waals surface area contributed by atoms with Crippen molar-refractivity contribution in [1.29, 1.82) is 0 Å². The summed E-state index contributed by atoms with van der Waals surface area (Å²) in [7, 11) is 1.75. The summed E-state index contributed by atoms with van der Waals surface area (Å²) >= 11 is 0. The van der Waals surface area contributed by atoms with Crippen LogP contribution in [0.15, 0.2) is 48.5 Å². The van der Waals surface area contributed by atoms with E-state index >= 15 is 0 Å². The van der Waals surface area contributed by atoms with Crippen LogP contribution in [0, 0.1) is 17.8 Å². The third kappa shape index (κ3) is 4.60. The molecule has 0 spiro atoms. The Kier molecular flexibility index (Phi) is 6.36. The van der Waals surface area contributed by atoms with Crippen molar-refractivity contribution < 1.29 is 9.47 Å². The highest BCUT2D eigenvalue weighted by Crippen LogP contribution is 2.44. The molecule has 2 aliphatic rings. The maximum Gasteiger partial charge on any atom is 0.127 e. The van der Waals surface area contributed by atoms with Crippen molar-refractivity contribution in [2.45, 2.75) is 58.0 Å². The van der Waals surface area contributed by atoms with E-state index in [0.717, 1.165) is 30.6 Å². The monoisotopic (exact) mass is 378 g/mol. The number of hydrogen-bond donors (Lipinski definition) is 0. The van der Waals surface area contributed by atoms with Gasteiger partial charge in [0.2, 0.25) is 0 Å². The zero-order chi connectivity index (χ0) is 19.3. The third-order valence-corrected chi connectivity index (χ3v) is 6.82. The van der Waals surface area contributed by atoms with Crippen LogP contribution < -0.4 is 4.74 Å². The second-order valence-electron chi connectivity index (χ2n) is 8.95. The lowest BCUT2D eigenvalue weighted by atomic mass is 9.78. The second kappa shape index (κ2) is 9.13. The van der Waals surface area contributed by atoms with Gasteiger partial charge in [-0.1, -0.05) is 69.0 Å². The number of ether oxygens (including phenoxy) is 2. The van der Waals surface area contributed by atoms with Gasteiger partial charge in [0.25, 0.3) is 0 Å². The lowest BCUT2D eigenvalue weighted by Crippen LogP contribution is -2.21. The molecular formula is C26H34O2. The minimum Gasteiger partial charge on any atom is -0.485 e. The largest absolute Gasteiger partial charge is 0.485 e.